The third-order valence-corrected chi connectivity index (χ3v) is 4.24. The summed E-state index contributed by atoms with van der Waals surface area (Å²) in [6.07, 6.45) is 0. The Morgan fingerprint density at radius 2 is 1.86 bits per heavy atom. The molecule has 0 saturated carbocycles. The second-order valence-corrected chi connectivity index (χ2v) is 6.11. The highest BCUT2D eigenvalue weighted by Crippen LogP contribution is 2.28. The highest BCUT2D eigenvalue weighted by molar-refractivity contribution is 6.05. The van der Waals surface area contributed by atoms with E-state index in [1.807, 2.05) is 6.07 Å². The van der Waals surface area contributed by atoms with Crippen LogP contribution >= 0.6 is 0 Å². The molecule has 0 atom stereocenters. The average molecular weight is 398 g/mol. The number of nitrogens with zero attached hydrogens (tertiary/aromatic N) is 1. The molecule has 1 N–H and O–H groups in total. The molecular weight excluding hydrogens is 385 g/mol. The van der Waals surface area contributed by atoms with E-state index < -0.39 is 28.9 Å². The number of amides is 1. The lowest BCUT2D eigenvalue weighted by Gasteiger charge is -2.06. The maximum absolute atomic E-state index is 13.8. The van der Waals surface area contributed by atoms with E-state index in [1.54, 1.807) is 31.4 Å². The van der Waals surface area contributed by atoms with Crippen molar-refractivity contribution in [1.29, 1.82) is 0 Å². The van der Waals surface area contributed by atoms with Crippen molar-refractivity contribution in [3.8, 4) is 17.2 Å². The number of carbonyl (C=O) groups is 1. The van der Waals surface area contributed by atoms with Crippen molar-refractivity contribution < 1.29 is 27.1 Å². The smallest absolute Gasteiger partial charge is 0.258 e. The van der Waals surface area contributed by atoms with E-state index in [1.165, 1.54) is 12.1 Å². The van der Waals surface area contributed by atoms with Crippen molar-refractivity contribution in [3.63, 3.8) is 0 Å². The van der Waals surface area contributed by atoms with Crippen molar-refractivity contribution in [3.05, 3.63) is 77.6 Å². The summed E-state index contributed by atoms with van der Waals surface area (Å²) >= 11 is 0. The molecule has 0 aliphatic carbocycles. The third kappa shape index (κ3) is 3.52. The summed E-state index contributed by atoms with van der Waals surface area (Å²) in [6.45, 7) is 0. The zero-order valence-corrected chi connectivity index (χ0v) is 15.0. The van der Waals surface area contributed by atoms with Crippen LogP contribution in [0, 0.1) is 17.5 Å². The fourth-order valence-corrected chi connectivity index (χ4v) is 2.78. The van der Waals surface area contributed by atoms with Gasteiger partial charge in [0.2, 0.25) is 5.89 Å². The van der Waals surface area contributed by atoms with Gasteiger partial charge in [-0.25, -0.2) is 18.2 Å². The molecule has 0 spiro atoms. The predicted octanol–water partition coefficient (Wildman–Crippen LogP) is 5.17. The lowest BCUT2D eigenvalue weighted by Crippen LogP contribution is -2.15. The SMILES string of the molecule is COc1cccc(-c2nc3ccc(NC(=O)c4ccc(F)c(F)c4F)cc3o2)c1. The van der Waals surface area contributed by atoms with Crippen LogP contribution in [-0.2, 0) is 0 Å². The Kier molecular flexibility index (Phi) is 4.67. The zero-order valence-electron chi connectivity index (χ0n) is 15.0. The molecule has 0 saturated heterocycles. The molecule has 0 radical (unpaired) electrons. The maximum Gasteiger partial charge on any atom is 0.258 e. The molecule has 0 aliphatic rings. The van der Waals surface area contributed by atoms with Gasteiger partial charge in [0.1, 0.15) is 11.3 Å². The number of ether oxygens (including phenoxy) is 1. The van der Waals surface area contributed by atoms with Crippen LogP contribution < -0.4 is 10.1 Å². The van der Waals surface area contributed by atoms with Crippen LogP contribution in [-0.4, -0.2) is 18.0 Å². The Labute approximate surface area is 162 Å². The number of oxazole rings is 1. The summed E-state index contributed by atoms with van der Waals surface area (Å²) in [5.41, 5.74) is 1.29. The van der Waals surface area contributed by atoms with Crippen LogP contribution in [0.4, 0.5) is 18.9 Å². The van der Waals surface area contributed by atoms with Crippen molar-refractivity contribution in [2.75, 3.05) is 12.4 Å². The van der Waals surface area contributed by atoms with Crippen molar-refractivity contribution in [1.82, 2.24) is 4.98 Å². The molecule has 5 nitrogen and oxygen atoms in total. The number of hydrogen-bond donors (Lipinski definition) is 1. The summed E-state index contributed by atoms with van der Waals surface area (Å²) < 4.78 is 51.1. The second-order valence-electron chi connectivity index (χ2n) is 6.11. The molecule has 1 aromatic heterocycles. The van der Waals surface area contributed by atoms with E-state index >= 15 is 0 Å². The molecule has 0 aliphatic heterocycles. The first-order valence-electron chi connectivity index (χ1n) is 8.46. The highest BCUT2D eigenvalue weighted by atomic mass is 19.2. The van der Waals surface area contributed by atoms with Crippen LogP contribution in [0.2, 0.25) is 0 Å². The number of fused-ring (bicyclic) bond motifs is 1. The fraction of sp³-hybridized carbons (Fsp3) is 0.0476. The Morgan fingerprint density at radius 1 is 1.03 bits per heavy atom. The number of rotatable bonds is 4. The van der Waals surface area contributed by atoms with E-state index in [4.69, 9.17) is 9.15 Å². The molecule has 146 valence electrons. The quantitative estimate of drug-likeness (QED) is 0.482. The van der Waals surface area contributed by atoms with Gasteiger partial charge in [-0.3, -0.25) is 4.79 Å². The van der Waals surface area contributed by atoms with Gasteiger partial charge in [-0.1, -0.05) is 6.07 Å². The molecular formula is C21H13F3N2O3. The third-order valence-electron chi connectivity index (χ3n) is 4.24. The monoisotopic (exact) mass is 398 g/mol. The van der Waals surface area contributed by atoms with Gasteiger partial charge in [-0.15, -0.1) is 0 Å². The van der Waals surface area contributed by atoms with Crippen molar-refractivity contribution in [2.24, 2.45) is 0 Å². The summed E-state index contributed by atoms with van der Waals surface area (Å²) in [4.78, 5) is 16.6. The number of nitrogens with one attached hydrogen (secondary N) is 1. The van der Waals surface area contributed by atoms with E-state index in [0.29, 0.717) is 34.4 Å². The molecule has 0 bridgehead atoms. The van der Waals surface area contributed by atoms with Crippen LogP contribution in [0.3, 0.4) is 0 Å². The molecule has 4 aromatic rings. The van der Waals surface area contributed by atoms with Gasteiger partial charge >= 0.3 is 0 Å². The van der Waals surface area contributed by atoms with Gasteiger partial charge in [0, 0.05) is 17.3 Å². The Balaban J connectivity index is 1.62. The number of benzene rings is 3. The minimum Gasteiger partial charge on any atom is -0.497 e. The fourth-order valence-electron chi connectivity index (χ4n) is 2.78. The van der Waals surface area contributed by atoms with E-state index in [2.05, 4.69) is 10.3 Å². The van der Waals surface area contributed by atoms with Crippen molar-refractivity contribution in [2.45, 2.75) is 0 Å². The van der Waals surface area contributed by atoms with Crippen molar-refractivity contribution >= 4 is 22.7 Å². The number of carbonyl (C=O) groups excluding carboxylic acids is 1. The lowest BCUT2D eigenvalue weighted by atomic mass is 10.1. The number of aromatic nitrogens is 1. The van der Waals surface area contributed by atoms with Gasteiger partial charge < -0.3 is 14.5 Å². The molecule has 4 rings (SSSR count). The lowest BCUT2D eigenvalue weighted by molar-refractivity contribution is 0.102. The normalized spacial score (nSPS) is 10.9. The van der Waals surface area contributed by atoms with Crippen LogP contribution in [0.25, 0.3) is 22.6 Å². The zero-order chi connectivity index (χ0) is 20.5. The maximum atomic E-state index is 13.8. The standard InChI is InChI=1S/C21H13F3N2O3/c1-28-13-4-2-3-11(9-13)21-26-16-8-5-12(10-17(16)29-21)25-20(27)14-6-7-15(22)19(24)18(14)23/h2-10H,1H3,(H,25,27). The summed E-state index contributed by atoms with van der Waals surface area (Å²) in [5.74, 6) is -4.55. The molecule has 0 unspecified atom stereocenters. The topological polar surface area (TPSA) is 64.4 Å². The van der Waals surface area contributed by atoms with Gasteiger partial charge in [-0.2, -0.15) is 0 Å². The molecule has 0 fully saturated rings. The molecule has 8 heteroatoms. The molecule has 3 aromatic carbocycles. The van der Waals surface area contributed by atoms with Crippen LogP contribution in [0.5, 0.6) is 5.75 Å². The Morgan fingerprint density at radius 3 is 2.66 bits per heavy atom. The Bertz CT molecular complexity index is 1240. The summed E-state index contributed by atoms with van der Waals surface area (Å²) in [6, 6.07) is 13.4. The molecule has 29 heavy (non-hydrogen) atoms. The van der Waals surface area contributed by atoms with Gasteiger partial charge in [0.05, 0.1) is 12.7 Å². The van der Waals surface area contributed by atoms with Gasteiger partial charge in [0.15, 0.2) is 23.0 Å². The van der Waals surface area contributed by atoms with Gasteiger partial charge in [-0.05, 0) is 42.5 Å². The second kappa shape index (κ2) is 7.31. The number of anilines is 1. The van der Waals surface area contributed by atoms with E-state index in [0.717, 1.165) is 6.07 Å². The number of methoxy groups -OCH3 is 1. The first kappa shape index (κ1) is 18.5. The highest BCUT2D eigenvalue weighted by Gasteiger charge is 2.19. The first-order chi connectivity index (χ1) is 14.0. The van der Waals surface area contributed by atoms with Crippen LogP contribution in [0.1, 0.15) is 10.4 Å². The minimum absolute atomic E-state index is 0.278. The van der Waals surface area contributed by atoms with E-state index in [-0.39, 0.29) is 5.69 Å². The summed E-state index contributed by atoms with van der Waals surface area (Å²) in [7, 11) is 1.55. The predicted molar refractivity (Wildman–Crippen MR) is 100 cm³/mol. The Hall–Kier alpha value is -3.81. The average Bonchev–Trinajstić information content (AvgIpc) is 3.15. The van der Waals surface area contributed by atoms with Crippen LogP contribution in [0.15, 0.2) is 59.0 Å². The largest absolute Gasteiger partial charge is 0.497 e. The number of halogens is 3. The minimum atomic E-state index is -1.70. The van der Waals surface area contributed by atoms with Gasteiger partial charge in [0.25, 0.3) is 5.91 Å². The van der Waals surface area contributed by atoms with E-state index in [9.17, 15) is 18.0 Å². The first-order valence-corrected chi connectivity index (χ1v) is 8.46. The summed E-state index contributed by atoms with van der Waals surface area (Å²) in [5, 5.41) is 2.43. The molecule has 1 amide bonds. The molecule has 1 heterocycles. The number of hydrogen-bond acceptors (Lipinski definition) is 4.